The number of aliphatic hydroxyl groups is 1. The normalized spacial score (nSPS) is 25.5. The minimum Gasteiger partial charge on any atom is -0.393 e. The standard InChI is InChI=1S/C18H29N5O2/c1-13(2)15-10-23(17-9-19-5-6-20-17)11-16(15)21-18(25)12-22-7-3-14(24)4-8-22/h5-6,9,13-16,24H,3-4,7-8,10-12H2,1-2H3,(H,21,25)/t15-,16+/m1/s1. The summed E-state index contributed by atoms with van der Waals surface area (Å²) in [6.07, 6.45) is 6.46. The van der Waals surface area contributed by atoms with E-state index in [9.17, 15) is 9.90 Å². The lowest BCUT2D eigenvalue weighted by atomic mass is 9.91. The quantitative estimate of drug-likeness (QED) is 0.808. The van der Waals surface area contributed by atoms with Crippen LogP contribution in [0.3, 0.4) is 0 Å². The average molecular weight is 347 g/mol. The minimum atomic E-state index is -0.208. The third-order valence-electron chi connectivity index (χ3n) is 5.37. The van der Waals surface area contributed by atoms with Crippen molar-refractivity contribution in [3.63, 3.8) is 0 Å². The molecule has 2 fully saturated rings. The van der Waals surface area contributed by atoms with Gasteiger partial charge in [0.2, 0.25) is 5.91 Å². The number of nitrogens with zero attached hydrogens (tertiary/aromatic N) is 4. The smallest absolute Gasteiger partial charge is 0.234 e. The lowest BCUT2D eigenvalue weighted by Gasteiger charge is -2.30. The number of nitrogens with one attached hydrogen (secondary N) is 1. The Kier molecular flexibility index (Phi) is 5.86. The molecule has 25 heavy (non-hydrogen) atoms. The van der Waals surface area contributed by atoms with E-state index in [0.29, 0.717) is 18.4 Å². The van der Waals surface area contributed by atoms with Crippen LogP contribution in [-0.2, 0) is 4.79 Å². The molecule has 1 aromatic rings. The van der Waals surface area contributed by atoms with E-state index < -0.39 is 0 Å². The first-order valence-electron chi connectivity index (χ1n) is 9.23. The van der Waals surface area contributed by atoms with Crippen LogP contribution < -0.4 is 10.2 Å². The molecule has 1 aromatic heterocycles. The minimum absolute atomic E-state index is 0.0769. The number of rotatable bonds is 5. The number of likely N-dealkylation sites (tertiary alicyclic amines) is 1. The molecule has 1 amide bonds. The fourth-order valence-electron chi connectivity index (χ4n) is 3.83. The summed E-state index contributed by atoms with van der Waals surface area (Å²) in [5, 5.41) is 12.8. The topological polar surface area (TPSA) is 81.6 Å². The number of carbonyl (C=O) groups is 1. The lowest BCUT2D eigenvalue weighted by Crippen LogP contribution is -2.48. The SMILES string of the molecule is CC(C)[C@H]1CN(c2cnccn2)C[C@@H]1NC(=O)CN1CCC(O)CC1. The van der Waals surface area contributed by atoms with E-state index in [0.717, 1.165) is 44.8 Å². The molecule has 2 aliphatic heterocycles. The second-order valence-corrected chi connectivity index (χ2v) is 7.56. The maximum atomic E-state index is 12.5. The van der Waals surface area contributed by atoms with Gasteiger partial charge in [0.15, 0.2) is 0 Å². The molecule has 2 N–H and O–H groups in total. The fraction of sp³-hybridized carbons (Fsp3) is 0.722. The van der Waals surface area contributed by atoms with Crippen LogP contribution in [0.15, 0.2) is 18.6 Å². The van der Waals surface area contributed by atoms with Gasteiger partial charge in [0.1, 0.15) is 5.82 Å². The molecule has 0 aliphatic carbocycles. The molecule has 2 saturated heterocycles. The van der Waals surface area contributed by atoms with Crippen molar-refractivity contribution < 1.29 is 9.90 Å². The molecular formula is C18H29N5O2. The van der Waals surface area contributed by atoms with Crippen molar-refractivity contribution in [1.82, 2.24) is 20.2 Å². The number of carbonyl (C=O) groups excluding carboxylic acids is 1. The molecule has 7 nitrogen and oxygen atoms in total. The zero-order valence-corrected chi connectivity index (χ0v) is 15.1. The van der Waals surface area contributed by atoms with Crippen molar-refractivity contribution in [3.8, 4) is 0 Å². The Morgan fingerprint density at radius 1 is 1.32 bits per heavy atom. The largest absolute Gasteiger partial charge is 0.393 e. The lowest BCUT2D eigenvalue weighted by molar-refractivity contribution is -0.123. The van der Waals surface area contributed by atoms with E-state index in [-0.39, 0.29) is 18.1 Å². The molecule has 0 aromatic carbocycles. The zero-order valence-electron chi connectivity index (χ0n) is 15.1. The van der Waals surface area contributed by atoms with E-state index in [4.69, 9.17) is 0 Å². The van der Waals surface area contributed by atoms with E-state index in [2.05, 4.69) is 38.9 Å². The Balaban J connectivity index is 1.57. The van der Waals surface area contributed by atoms with E-state index in [1.165, 1.54) is 0 Å². The number of piperidine rings is 1. The van der Waals surface area contributed by atoms with Gasteiger partial charge >= 0.3 is 0 Å². The average Bonchev–Trinajstić information content (AvgIpc) is 3.02. The van der Waals surface area contributed by atoms with Crippen molar-refractivity contribution in [2.24, 2.45) is 11.8 Å². The second kappa shape index (κ2) is 8.10. The summed E-state index contributed by atoms with van der Waals surface area (Å²) < 4.78 is 0. The Labute approximate surface area is 149 Å². The van der Waals surface area contributed by atoms with Gasteiger partial charge in [-0.15, -0.1) is 0 Å². The van der Waals surface area contributed by atoms with Crippen LogP contribution in [0.1, 0.15) is 26.7 Å². The zero-order chi connectivity index (χ0) is 17.8. The predicted octanol–water partition coefficient (Wildman–Crippen LogP) is 0.510. The number of hydrogen-bond donors (Lipinski definition) is 2. The molecular weight excluding hydrogens is 318 g/mol. The van der Waals surface area contributed by atoms with Gasteiger partial charge < -0.3 is 15.3 Å². The molecule has 7 heteroatoms. The second-order valence-electron chi connectivity index (χ2n) is 7.56. The number of hydrogen-bond acceptors (Lipinski definition) is 6. The summed E-state index contributed by atoms with van der Waals surface area (Å²) in [4.78, 5) is 25.4. The van der Waals surface area contributed by atoms with Crippen LogP contribution in [0.25, 0.3) is 0 Å². The van der Waals surface area contributed by atoms with Gasteiger partial charge in [0, 0.05) is 44.5 Å². The van der Waals surface area contributed by atoms with Gasteiger partial charge in [-0.05, 0) is 18.8 Å². The first kappa shape index (κ1) is 18.1. The Hall–Kier alpha value is -1.73. The highest BCUT2D eigenvalue weighted by Gasteiger charge is 2.36. The van der Waals surface area contributed by atoms with Crippen LogP contribution in [0.5, 0.6) is 0 Å². The van der Waals surface area contributed by atoms with Crippen LogP contribution in [0.4, 0.5) is 5.82 Å². The van der Waals surface area contributed by atoms with Gasteiger partial charge in [-0.3, -0.25) is 14.7 Å². The summed E-state index contributed by atoms with van der Waals surface area (Å²) in [7, 11) is 0. The number of amides is 1. The van der Waals surface area contributed by atoms with Crippen LogP contribution >= 0.6 is 0 Å². The summed E-state index contributed by atoms with van der Waals surface area (Å²) in [6.45, 7) is 8.06. The third-order valence-corrected chi connectivity index (χ3v) is 5.37. The molecule has 138 valence electrons. The monoisotopic (exact) mass is 347 g/mol. The number of anilines is 1. The first-order chi connectivity index (χ1) is 12.0. The van der Waals surface area contributed by atoms with Gasteiger partial charge in [0.05, 0.1) is 24.9 Å². The molecule has 2 atom stereocenters. The number of aromatic nitrogens is 2. The van der Waals surface area contributed by atoms with E-state index in [1.54, 1.807) is 18.6 Å². The summed E-state index contributed by atoms with van der Waals surface area (Å²) in [6, 6.07) is 0.130. The van der Waals surface area contributed by atoms with Crippen molar-refractivity contribution in [2.45, 2.75) is 38.8 Å². The molecule has 3 heterocycles. The molecule has 0 unspecified atom stereocenters. The highest BCUT2D eigenvalue weighted by molar-refractivity contribution is 5.78. The van der Waals surface area contributed by atoms with Gasteiger partial charge in [-0.1, -0.05) is 13.8 Å². The van der Waals surface area contributed by atoms with E-state index in [1.807, 2.05) is 0 Å². The molecule has 0 radical (unpaired) electrons. The fourth-order valence-corrected chi connectivity index (χ4v) is 3.83. The van der Waals surface area contributed by atoms with E-state index >= 15 is 0 Å². The summed E-state index contributed by atoms with van der Waals surface area (Å²) in [5.41, 5.74) is 0. The molecule has 0 bridgehead atoms. The van der Waals surface area contributed by atoms with Gasteiger partial charge in [-0.2, -0.15) is 0 Å². The van der Waals surface area contributed by atoms with Crippen molar-refractivity contribution in [3.05, 3.63) is 18.6 Å². The van der Waals surface area contributed by atoms with Crippen LogP contribution in [0, 0.1) is 11.8 Å². The van der Waals surface area contributed by atoms with Gasteiger partial charge in [0.25, 0.3) is 0 Å². The highest BCUT2D eigenvalue weighted by Crippen LogP contribution is 2.27. The summed E-state index contributed by atoms with van der Waals surface area (Å²) >= 11 is 0. The summed E-state index contributed by atoms with van der Waals surface area (Å²) in [5.74, 6) is 1.83. The molecule has 2 aliphatic rings. The molecule has 0 saturated carbocycles. The Morgan fingerprint density at radius 3 is 2.72 bits per heavy atom. The maximum Gasteiger partial charge on any atom is 0.234 e. The Morgan fingerprint density at radius 2 is 2.08 bits per heavy atom. The Bertz CT molecular complexity index is 560. The van der Waals surface area contributed by atoms with Gasteiger partial charge in [-0.25, -0.2) is 4.98 Å². The highest BCUT2D eigenvalue weighted by atomic mass is 16.3. The van der Waals surface area contributed by atoms with Crippen molar-refractivity contribution in [2.75, 3.05) is 37.6 Å². The van der Waals surface area contributed by atoms with Crippen molar-refractivity contribution >= 4 is 11.7 Å². The maximum absolute atomic E-state index is 12.5. The predicted molar refractivity (Wildman–Crippen MR) is 96.2 cm³/mol. The first-order valence-corrected chi connectivity index (χ1v) is 9.23. The van der Waals surface area contributed by atoms with Crippen LogP contribution in [0.2, 0.25) is 0 Å². The van der Waals surface area contributed by atoms with Crippen molar-refractivity contribution in [1.29, 1.82) is 0 Å². The third kappa shape index (κ3) is 4.67. The van der Waals surface area contributed by atoms with Crippen LogP contribution in [-0.4, -0.2) is 70.8 Å². The number of aliphatic hydroxyl groups excluding tert-OH is 1. The molecule has 3 rings (SSSR count). The molecule has 0 spiro atoms.